The van der Waals surface area contributed by atoms with Crippen molar-refractivity contribution in [3.8, 4) is 0 Å². The number of benzene rings is 3. The molecule has 0 fully saturated rings. The summed E-state index contributed by atoms with van der Waals surface area (Å²) >= 11 is 1.38. The molecule has 1 amide bonds. The zero-order chi connectivity index (χ0) is 16.9. The van der Waals surface area contributed by atoms with Crippen LogP contribution >= 0.6 is 11.8 Å². The number of fused-ring (bicyclic) bond motifs is 1. The van der Waals surface area contributed by atoms with Gasteiger partial charge in [0.15, 0.2) is 0 Å². The van der Waals surface area contributed by atoms with Gasteiger partial charge in [-0.25, -0.2) is 8.78 Å². The highest BCUT2D eigenvalue weighted by Gasteiger charge is 2.14. The molecule has 0 heterocycles. The van der Waals surface area contributed by atoms with Crippen molar-refractivity contribution < 1.29 is 13.6 Å². The van der Waals surface area contributed by atoms with Crippen molar-refractivity contribution in [3.63, 3.8) is 0 Å². The summed E-state index contributed by atoms with van der Waals surface area (Å²) in [6, 6.07) is 19.9. The van der Waals surface area contributed by atoms with E-state index < -0.39 is 6.43 Å². The Morgan fingerprint density at radius 2 is 1.67 bits per heavy atom. The van der Waals surface area contributed by atoms with Crippen molar-refractivity contribution in [1.29, 1.82) is 0 Å². The third-order valence-electron chi connectivity index (χ3n) is 3.56. The van der Waals surface area contributed by atoms with Gasteiger partial charge in [-0.15, -0.1) is 11.8 Å². The summed E-state index contributed by atoms with van der Waals surface area (Å²) in [6.07, 6.45) is -2.62. The van der Waals surface area contributed by atoms with Crippen LogP contribution in [0.3, 0.4) is 0 Å². The summed E-state index contributed by atoms with van der Waals surface area (Å²) in [4.78, 5) is 13.0. The normalized spacial score (nSPS) is 11.0. The first-order valence-electron chi connectivity index (χ1n) is 7.42. The number of halogens is 2. The van der Waals surface area contributed by atoms with Crippen molar-refractivity contribution in [2.75, 3.05) is 11.1 Å². The molecule has 0 unspecified atom stereocenters. The van der Waals surface area contributed by atoms with Gasteiger partial charge in [0.05, 0.1) is 5.75 Å². The zero-order valence-electron chi connectivity index (χ0n) is 12.7. The Kier molecular flexibility index (Phi) is 5.11. The first-order chi connectivity index (χ1) is 11.6. The molecule has 0 aliphatic carbocycles. The SMILES string of the molecule is O=C(CSc1ccc2ccccc2c1)Nc1ccccc1C(F)F. The first-order valence-corrected chi connectivity index (χ1v) is 8.40. The molecule has 0 spiro atoms. The van der Waals surface area contributed by atoms with Crippen molar-refractivity contribution in [2.24, 2.45) is 0 Å². The molecular formula is C19H15F2NOS. The minimum absolute atomic E-state index is 0.163. The summed E-state index contributed by atoms with van der Waals surface area (Å²) in [5.41, 5.74) is -0.00170. The number of amides is 1. The second kappa shape index (κ2) is 7.45. The Morgan fingerprint density at radius 1 is 0.958 bits per heavy atom. The summed E-state index contributed by atoms with van der Waals surface area (Å²) in [5.74, 6) is -0.142. The average molecular weight is 343 g/mol. The maximum Gasteiger partial charge on any atom is 0.265 e. The quantitative estimate of drug-likeness (QED) is 0.619. The lowest BCUT2D eigenvalue weighted by Crippen LogP contribution is -2.15. The molecule has 3 aromatic rings. The Balaban J connectivity index is 1.65. The number of nitrogens with one attached hydrogen (secondary N) is 1. The molecule has 0 saturated heterocycles. The van der Waals surface area contributed by atoms with Crippen LogP contribution in [0.15, 0.2) is 71.6 Å². The van der Waals surface area contributed by atoms with Crippen LogP contribution in [-0.2, 0) is 4.79 Å². The van der Waals surface area contributed by atoms with E-state index in [4.69, 9.17) is 0 Å². The van der Waals surface area contributed by atoms with E-state index in [0.29, 0.717) is 0 Å². The number of carbonyl (C=O) groups is 1. The maximum absolute atomic E-state index is 12.9. The van der Waals surface area contributed by atoms with E-state index in [1.54, 1.807) is 6.07 Å². The summed E-state index contributed by atoms with van der Waals surface area (Å²) in [7, 11) is 0. The largest absolute Gasteiger partial charge is 0.325 e. The minimum atomic E-state index is -2.62. The molecule has 3 aromatic carbocycles. The van der Waals surface area contributed by atoms with Gasteiger partial charge >= 0.3 is 0 Å². The van der Waals surface area contributed by atoms with Crippen LogP contribution in [0, 0.1) is 0 Å². The highest BCUT2D eigenvalue weighted by atomic mass is 32.2. The topological polar surface area (TPSA) is 29.1 Å². The van der Waals surface area contributed by atoms with Crippen LogP contribution in [0.4, 0.5) is 14.5 Å². The number of carbonyl (C=O) groups excluding carboxylic acids is 1. The molecule has 0 atom stereocenters. The lowest BCUT2D eigenvalue weighted by molar-refractivity contribution is -0.113. The first kappa shape index (κ1) is 16.5. The molecule has 2 nitrogen and oxygen atoms in total. The predicted molar refractivity (Wildman–Crippen MR) is 94.7 cm³/mol. The standard InChI is InChI=1S/C19H15F2NOS/c20-19(21)16-7-3-4-8-17(16)22-18(23)12-24-15-10-9-13-5-1-2-6-14(13)11-15/h1-11,19H,12H2,(H,22,23). The van der Waals surface area contributed by atoms with Gasteiger partial charge in [0.25, 0.3) is 6.43 Å². The van der Waals surface area contributed by atoms with E-state index >= 15 is 0 Å². The molecule has 122 valence electrons. The van der Waals surface area contributed by atoms with Gasteiger partial charge < -0.3 is 5.32 Å². The molecule has 1 N–H and O–H groups in total. The fraction of sp³-hybridized carbons (Fsp3) is 0.105. The molecule has 0 aliphatic rings. The molecule has 0 aliphatic heterocycles. The van der Waals surface area contributed by atoms with Gasteiger partial charge in [0.1, 0.15) is 0 Å². The van der Waals surface area contributed by atoms with Crippen LogP contribution in [0.1, 0.15) is 12.0 Å². The van der Waals surface area contributed by atoms with Gasteiger partial charge in [-0.3, -0.25) is 4.79 Å². The monoisotopic (exact) mass is 343 g/mol. The van der Waals surface area contributed by atoms with E-state index in [0.717, 1.165) is 15.7 Å². The molecule has 0 radical (unpaired) electrons. The number of thioether (sulfide) groups is 1. The molecular weight excluding hydrogens is 328 g/mol. The van der Waals surface area contributed by atoms with Crippen LogP contribution in [0.25, 0.3) is 10.8 Å². The lowest BCUT2D eigenvalue weighted by Gasteiger charge is -2.10. The van der Waals surface area contributed by atoms with Gasteiger partial charge in [-0.1, -0.05) is 48.5 Å². The van der Waals surface area contributed by atoms with Gasteiger partial charge in [-0.05, 0) is 29.0 Å². The highest BCUT2D eigenvalue weighted by molar-refractivity contribution is 8.00. The fourth-order valence-electron chi connectivity index (χ4n) is 2.39. The van der Waals surface area contributed by atoms with E-state index in [1.165, 1.54) is 30.0 Å². The smallest absolute Gasteiger partial charge is 0.265 e. The van der Waals surface area contributed by atoms with Crippen LogP contribution in [-0.4, -0.2) is 11.7 Å². The van der Waals surface area contributed by atoms with Gasteiger partial charge in [0.2, 0.25) is 5.91 Å². The van der Waals surface area contributed by atoms with E-state index in [2.05, 4.69) is 5.32 Å². The van der Waals surface area contributed by atoms with Gasteiger partial charge in [-0.2, -0.15) is 0 Å². The number of anilines is 1. The Bertz CT molecular complexity index is 867. The Hall–Kier alpha value is -2.40. The van der Waals surface area contributed by atoms with Crippen molar-refractivity contribution in [2.45, 2.75) is 11.3 Å². The molecule has 5 heteroatoms. The molecule has 24 heavy (non-hydrogen) atoms. The van der Waals surface area contributed by atoms with E-state index in [1.807, 2.05) is 42.5 Å². The Morgan fingerprint density at radius 3 is 2.46 bits per heavy atom. The molecule has 0 bridgehead atoms. The van der Waals surface area contributed by atoms with Crippen molar-refractivity contribution in [1.82, 2.24) is 0 Å². The van der Waals surface area contributed by atoms with E-state index in [-0.39, 0.29) is 22.9 Å². The van der Waals surface area contributed by atoms with Crippen LogP contribution in [0.2, 0.25) is 0 Å². The maximum atomic E-state index is 12.9. The lowest BCUT2D eigenvalue weighted by atomic mass is 10.1. The van der Waals surface area contributed by atoms with E-state index in [9.17, 15) is 13.6 Å². The number of hydrogen-bond acceptors (Lipinski definition) is 2. The third-order valence-corrected chi connectivity index (χ3v) is 4.55. The molecule has 0 aromatic heterocycles. The average Bonchev–Trinajstić information content (AvgIpc) is 2.60. The summed E-state index contributed by atoms with van der Waals surface area (Å²) in [6.45, 7) is 0. The van der Waals surface area contributed by atoms with Crippen LogP contribution < -0.4 is 5.32 Å². The molecule has 0 saturated carbocycles. The number of hydrogen-bond donors (Lipinski definition) is 1. The second-order valence-electron chi connectivity index (χ2n) is 5.23. The zero-order valence-corrected chi connectivity index (χ0v) is 13.5. The van der Waals surface area contributed by atoms with Crippen molar-refractivity contribution >= 4 is 34.1 Å². The fourth-order valence-corrected chi connectivity index (χ4v) is 3.14. The predicted octanol–water partition coefficient (Wildman–Crippen LogP) is 5.51. The highest BCUT2D eigenvalue weighted by Crippen LogP contribution is 2.27. The number of rotatable bonds is 5. The van der Waals surface area contributed by atoms with Crippen LogP contribution in [0.5, 0.6) is 0 Å². The van der Waals surface area contributed by atoms with Gasteiger partial charge in [0, 0.05) is 16.1 Å². The second-order valence-corrected chi connectivity index (χ2v) is 6.28. The molecule has 3 rings (SSSR count). The third kappa shape index (κ3) is 3.92. The number of para-hydroxylation sites is 1. The van der Waals surface area contributed by atoms with Crippen molar-refractivity contribution in [3.05, 3.63) is 72.3 Å². The summed E-state index contributed by atoms with van der Waals surface area (Å²) in [5, 5.41) is 4.80. The minimum Gasteiger partial charge on any atom is -0.325 e. The number of alkyl halides is 2. The summed E-state index contributed by atoms with van der Waals surface area (Å²) < 4.78 is 25.8. The Labute approximate surface area is 142 Å².